The third kappa shape index (κ3) is 5.86. The van der Waals surface area contributed by atoms with E-state index in [1.165, 1.54) is 12.7 Å². The third-order valence-electron chi connectivity index (χ3n) is 4.05. The second-order valence-corrected chi connectivity index (χ2v) is 9.17. The predicted octanol–water partition coefficient (Wildman–Crippen LogP) is 1.66. The first-order valence-electron chi connectivity index (χ1n) is 8.17. The standard InChI is InChI=1S/C15H28N4O3S/c1-15(2,3)14-17-13(18-22-14)11-19-10-6-5-7-12(19)8-9-16-23(4,20)21/h12,16H,5-11H2,1-4H3. The van der Waals surface area contributed by atoms with Gasteiger partial charge in [0.2, 0.25) is 15.9 Å². The minimum Gasteiger partial charge on any atom is -0.339 e. The summed E-state index contributed by atoms with van der Waals surface area (Å²) in [7, 11) is -3.12. The fourth-order valence-electron chi connectivity index (χ4n) is 2.81. The summed E-state index contributed by atoms with van der Waals surface area (Å²) in [5, 5.41) is 4.09. The van der Waals surface area contributed by atoms with Gasteiger partial charge in [-0.15, -0.1) is 0 Å². The van der Waals surface area contributed by atoms with Crippen LogP contribution in [0.25, 0.3) is 0 Å². The molecule has 0 amide bonds. The number of aromatic nitrogens is 2. The fraction of sp³-hybridized carbons (Fsp3) is 0.867. The first-order chi connectivity index (χ1) is 10.6. The van der Waals surface area contributed by atoms with Crippen LogP contribution in [0, 0.1) is 0 Å². The Morgan fingerprint density at radius 3 is 2.70 bits per heavy atom. The van der Waals surface area contributed by atoms with Gasteiger partial charge in [0, 0.05) is 18.0 Å². The molecule has 1 aliphatic rings. The summed E-state index contributed by atoms with van der Waals surface area (Å²) < 4.78 is 30.3. The molecule has 132 valence electrons. The van der Waals surface area contributed by atoms with Crippen molar-refractivity contribution in [3.8, 4) is 0 Å². The van der Waals surface area contributed by atoms with Crippen molar-refractivity contribution in [1.29, 1.82) is 0 Å². The summed E-state index contributed by atoms with van der Waals surface area (Å²) >= 11 is 0. The first kappa shape index (κ1) is 18.4. The second kappa shape index (κ2) is 7.27. The second-order valence-electron chi connectivity index (χ2n) is 7.34. The zero-order valence-corrected chi connectivity index (χ0v) is 15.3. The van der Waals surface area contributed by atoms with Crippen molar-refractivity contribution in [3.05, 3.63) is 11.7 Å². The van der Waals surface area contributed by atoms with Gasteiger partial charge in [-0.25, -0.2) is 13.1 Å². The number of nitrogens with one attached hydrogen (secondary N) is 1. The van der Waals surface area contributed by atoms with E-state index in [-0.39, 0.29) is 5.41 Å². The molecule has 7 nitrogen and oxygen atoms in total. The van der Waals surface area contributed by atoms with E-state index < -0.39 is 10.0 Å². The van der Waals surface area contributed by atoms with E-state index in [1.54, 1.807) is 0 Å². The number of rotatable bonds is 6. The van der Waals surface area contributed by atoms with E-state index in [4.69, 9.17) is 4.52 Å². The lowest BCUT2D eigenvalue weighted by Gasteiger charge is -2.34. The highest BCUT2D eigenvalue weighted by molar-refractivity contribution is 7.88. The first-order valence-corrected chi connectivity index (χ1v) is 10.1. The average Bonchev–Trinajstić information content (AvgIpc) is 2.88. The van der Waals surface area contributed by atoms with Crippen molar-refractivity contribution in [1.82, 2.24) is 19.8 Å². The molecule has 0 aliphatic carbocycles. The average molecular weight is 344 g/mol. The fourth-order valence-corrected chi connectivity index (χ4v) is 3.30. The van der Waals surface area contributed by atoms with Crippen LogP contribution >= 0.6 is 0 Å². The van der Waals surface area contributed by atoms with Crippen LogP contribution in [0.3, 0.4) is 0 Å². The van der Waals surface area contributed by atoms with Crippen molar-refractivity contribution < 1.29 is 12.9 Å². The van der Waals surface area contributed by atoms with E-state index in [0.29, 0.717) is 30.8 Å². The Bertz CT molecular complexity index is 606. The molecule has 1 unspecified atom stereocenters. The van der Waals surface area contributed by atoms with Crippen LogP contribution in [-0.2, 0) is 22.0 Å². The smallest absolute Gasteiger partial charge is 0.232 e. The van der Waals surface area contributed by atoms with Crippen molar-refractivity contribution in [2.75, 3.05) is 19.3 Å². The number of hydrogen-bond acceptors (Lipinski definition) is 6. The van der Waals surface area contributed by atoms with Gasteiger partial charge in [0.25, 0.3) is 0 Å². The molecule has 23 heavy (non-hydrogen) atoms. The van der Waals surface area contributed by atoms with E-state index in [1.807, 2.05) is 20.8 Å². The quantitative estimate of drug-likeness (QED) is 0.844. The summed E-state index contributed by atoms with van der Waals surface area (Å²) in [6.07, 6.45) is 5.41. The molecule has 1 saturated heterocycles. The van der Waals surface area contributed by atoms with Gasteiger partial charge in [-0.3, -0.25) is 4.90 Å². The largest absolute Gasteiger partial charge is 0.339 e. The zero-order valence-electron chi connectivity index (χ0n) is 14.5. The highest BCUT2D eigenvalue weighted by atomic mass is 32.2. The Kier molecular flexibility index (Phi) is 5.80. The van der Waals surface area contributed by atoms with Gasteiger partial charge in [0.05, 0.1) is 12.8 Å². The normalized spacial score (nSPS) is 20.8. The monoisotopic (exact) mass is 344 g/mol. The summed E-state index contributed by atoms with van der Waals surface area (Å²) in [5.74, 6) is 1.36. The number of likely N-dealkylation sites (tertiary alicyclic amines) is 1. The van der Waals surface area contributed by atoms with Crippen LogP contribution in [-0.4, -0.2) is 48.8 Å². The van der Waals surface area contributed by atoms with E-state index in [9.17, 15) is 8.42 Å². The molecule has 1 N–H and O–H groups in total. The molecule has 8 heteroatoms. The molecular formula is C15H28N4O3S. The van der Waals surface area contributed by atoms with Crippen LogP contribution in [0.5, 0.6) is 0 Å². The maximum atomic E-state index is 11.2. The Balaban J connectivity index is 1.94. The van der Waals surface area contributed by atoms with Crippen molar-refractivity contribution in [2.24, 2.45) is 0 Å². The van der Waals surface area contributed by atoms with E-state index in [0.717, 1.165) is 25.8 Å². The van der Waals surface area contributed by atoms with Crippen molar-refractivity contribution in [3.63, 3.8) is 0 Å². The predicted molar refractivity (Wildman–Crippen MR) is 88.5 cm³/mol. The van der Waals surface area contributed by atoms with Crippen LogP contribution in [0.4, 0.5) is 0 Å². The minimum atomic E-state index is -3.12. The van der Waals surface area contributed by atoms with Crippen LogP contribution in [0.1, 0.15) is 58.2 Å². The molecule has 0 saturated carbocycles. The molecule has 1 fully saturated rings. The van der Waals surface area contributed by atoms with Gasteiger partial charge in [-0.2, -0.15) is 4.98 Å². The van der Waals surface area contributed by atoms with Crippen LogP contribution in [0.2, 0.25) is 0 Å². The zero-order chi connectivity index (χ0) is 17.1. The summed E-state index contributed by atoms with van der Waals surface area (Å²) in [5.41, 5.74) is -0.147. The molecule has 2 rings (SSSR count). The maximum Gasteiger partial charge on any atom is 0.232 e. The number of nitrogens with zero attached hydrogens (tertiary/aromatic N) is 3. The summed E-state index contributed by atoms with van der Waals surface area (Å²) in [4.78, 5) is 6.84. The Morgan fingerprint density at radius 2 is 2.09 bits per heavy atom. The number of piperidine rings is 1. The minimum absolute atomic E-state index is 0.147. The van der Waals surface area contributed by atoms with Gasteiger partial charge in [-0.1, -0.05) is 32.3 Å². The highest BCUT2D eigenvalue weighted by Crippen LogP contribution is 2.23. The topological polar surface area (TPSA) is 88.3 Å². The lowest BCUT2D eigenvalue weighted by Crippen LogP contribution is -2.41. The van der Waals surface area contributed by atoms with Crippen molar-refractivity contribution in [2.45, 2.75) is 64.5 Å². The Labute approximate surface area is 138 Å². The van der Waals surface area contributed by atoms with Crippen LogP contribution in [0.15, 0.2) is 4.52 Å². The van der Waals surface area contributed by atoms with Gasteiger partial charge in [-0.05, 0) is 25.8 Å². The molecule has 1 aromatic rings. The van der Waals surface area contributed by atoms with Crippen LogP contribution < -0.4 is 4.72 Å². The lowest BCUT2D eigenvalue weighted by molar-refractivity contribution is 0.128. The molecule has 1 atom stereocenters. The maximum absolute atomic E-state index is 11.2. The lowest BCUT2D eigenvalue weighted by atomic mass is 9.97. The van der Waals surface area contributed by atoms with Gasteiger partial charge in [0.1, 0.15) is 0 Å². The molecule has 0 bridgehead atoms. The van der Waals surface area contributed by atoms with E-state index >= 15 is 0 Å². The molecule has 1 aromatic heterocycles. The molecular weight excluding hydrogens is 316 g/mol. The number of hydrogen-bond donors (Lipinski definition) is 1. The third-order valence-corrected chi connectivity index (χ3v) is 4.77. The molecule has 2 heterocycles. The Morgan fingerprint density at radius 1 is 1.35 bits per heavy atom. The Hall–Kier alpha value is -0.990. The number of sulfonamides is 1. The molecule has 0 radical (unpaired) electrons. The van der Waals surface area contributed by atoms with E-state index in [2.05, 4.69) is 19.8 Å². The van der Waals surface area contributed by atoms with Gasteiger partial charge < -0.3 is 4.52 Å². The SMILES string of the molecule is CC(C)(C)c1nc(CN2CCCCC2CCNS(C)(=O)=O)no1. The van der Waals surface area contributed by atoms with Crippen molar-refractivity contribution >= 4 is 10.0 Å². The van der Waals surface area contributed by atoms with Gasteiger partial charge in [0.15, 0.2) is 5.82 Å². The summed E-state index contributed by atoms with van der Waals surface area (Å²) in [6.45, 7) is 8.26. The highest BCUT2D eigenvalue weighted by Gasteiger charge is 2.26. The molecule has 1 aliphatic heterocycles. The molecule has 0 aromatic carbocycles. The van der Waals surface area contributed by atoms with Gasteiger partial charge >= 0.3 is 0 Å². The molecule has 0 spiro atoms. The summed E-state index contributed by atoms with van der Waals surface area (Å²) in [6, 6.07) is 0.356.